The van der Waals surface area contributed by atoms with Crippen LogP contribution in [0.2, 0.25) is 0 Å². The van der Waals surface area contributed by atoms with E-state index in [0.29, 0.717) is 11.7 Å². The first-order valence-corrected chi connectivity index (χ1v) is 4.34. The van der Waals surface area contributed by atoms with Crippen LogP contribution >= 0.6 is 0 Å². The van der Waals surface area contributed by atoms with Gasteiger partial charge in [0.25, 0.3) is 0 Å². The molecule has 1 heterocycles. The van der Waals surface area contributed by atoms with E-state index >= 15 is 0 Å². The molecule has 0 atom stereocenters. The van der Waals surface area contributed by atoms with Crippen molar-refractivity contribution in [3.63, 3.8) is 0 Å². The van der Waals surface area contributed by atoms with Crippen molar-refractivity contribution in [1.82, 2.24) is 15.5 Å². The maximum atomic E-state index is 10.2. The van der Waals surface area contributed by atoms with Gasteiger partial charge in [-0.2, -0.15) is 4.98 Å². The lowest BCUT2D eigenvalue weighted by molar-refractivity contribution is -0.136. The lowest BCUT2D eigenvalue weighted by Gasteiger charge is -1.95. The number of carbonyl (C=O) groups is 1. The monoisotopic (exact) mass is 199 g/mol. The predicted molar refractivity (Wildman–Crippen MR) is 47.7 cm³/mol. The molecular weight excluding hydrogens is 186 g/mol. The molecule has 0 saturated carbocycles. The van der Waals surface area contributed by atoms with Crippen molar-refractivity contribution in [2.24, 2.45) is 0 Å². The summed E-state index contributed by atoms with van der Waals surface area (Å²) in [4.78, 5) is 14.2. The Kier molecular flexibility index (Phi) is 3.58. The van der Waals surface area contributed by atoms with E-state index in [2.05, 4.69) is 15.5 Å². The molecular formula is C8H13N3O3. The Morgan fingerprint density at radius 1 is 1.64 bits per heavy atom. The van der Waals surface area contributed by atoms with Crippen molar-refractivity contribution in [2.75, 3.05) is 6.54 Å². The Bertz CT molecular complexity index is 309. The summed E-state index contributed by atoms with van der Waals surface area (Å²) >= 11 is 0. The number of aliphatic carboxylic acids is 1. The van der Waals surface area contributed by atoms with E-state index in [1.807, 2.05) is 13.8 Å². The van der Waals surface area contributed by atoms with Gasteiger partial charge < -0.3 is 9.63 Å². The first-order valence-electron chi connectivity index (χ1n) is 4.34. The maximum absolute atomic E-state index is 10.2. The van der Waals surface area contributed by atoms with Crippen LogP contribution in [-0.4, -0.2) is 27.8 Å². The zero-order valence-electron chi connectivity index (χ0n) is 8.15. The number of aromatic nitrogens is 2. The normalized spacial score (nSPS) is 10.8. The standard InChI is InChI=1S/C8H13N3O3/c1-5(2)8-10-6(14-11-8)3-9-4-7(12)13/h5,9H,3-4H2,1-2H3,(H,12,13). The van der Waals surface area contributed by atoms with Crippen LogP contribution in [0.25, 0.3) is 0 Å². The number of carboxylic acids is 1. The molecule has 2 N–H and O–H groups in total. The quantitative estimate of drug-likeness (QED) is 0.712. The molecule has 0 bridgehead atoms. The average molecular weight is 199 g/mol. The van der Waals surface area contributed by atoms with Gasteiger partial charge >= 0.3 is 5.97 Å². The van der Waals surface area contributed by atoms with Crippen molar-refractivity contribution < 1.29 is 14.4 Å². The highest BCUT2D eigenvalue weighted by molar-refractivity contribution is 5.68. The van der Waals surface area contributed by atoms with Gasteiger partial charge in [0.2, 0.25) is 5.89 Å². The second-order valence-electron chi connectivity index (χ2n) is 3.20. The van der Waals surface area contributed by atoms with Crippen molar-refractivity contribution in [3.8, 4) is 0 Å². The molecule has 0 fully saturated rings. The molecule has 6 nitrogen and oxygen atoms in total. The van der Waals surface area contributed by atoms with Crippen molar-refractivity contribution in [2.45, 2.75) is 26.3 Å². The minimum absolute atomic E-state index is 0.112. The van der Waals surface area contributed by atoms with Crippen LogP contribution in [0.3, 0.4) is 0 Å². The fourth-order valence-electron chi connectivity index (χ4n) is 0.851. The summed E-state index contributed by atoms with van der Waals surface area (Å²) in [7, 11) is 0. The molecule has 0 aliphatic carbocycles. The average Bonchev–Trinajstić information content (AvgIpc) is 2.52. The maximum Gasteiger partial charge on any atom is 0.317 e. The summed E-state index contributed by atoms with van der Waals surface area (Å²) in [6.07, 6.45) is 0. The van der Waals surface area contributed by atoms with E-state index in [1.165, 1.54) is 0 Å². The first kappa shape index (κ1) is 10.6. The highest BCUT2D eigenvalue weighted by Crippen LogP contribution is 2.08. The highest BCUT2D eigenvalue weighted by atomic mass is 16.5. The van der Waals surface area contributed by atoms with E-state index < -0.39 is 5.97 Å². The molecule has 14 heavy (non-hydrogen) atoms. The minimum Gasteiger partial charge on any atom is -0.480 e. The van der Waals surface area contributed by atoms with Crippen LogP contribution in [0.5, 0.6) is 0 Å². The second kappa shape index (κ2) is 4.71. The van der Waals surface area contributed by atoms with Gasteiger partial charge in [-0.15, -0.1) is 0 Å². The lowest BCUT2D eigenvalue weighted by atomic mass is 10.2. The predicted octanol–water partition coefficient (Wildman–Crippen LogP) is 0.367. The summed E-state index contributed by atoms with van der Waals surface area (Å²) in [5.74, 6) is 0.354. The van der Waals surface area contributed by atoms with Crippen LogP contribution in [0.4, 0.5) is 0 Å². The summed E-state index contributed by atoms with van der Waals surface area (Å²) in [6.45, 7) is 4.09. The van der Waals surface area contributed by atoms with Gasteiger partial charge in [0.05, 0.1) is 13.1 Å². The molecule has 78 valence electrons. The van der Waals surface area contributed by atoms with E-state index in [9.17, 15) is 4.79 Å². The van der Waals surface area contributed by atoms with Crippen LogP contribution in [0.1, 0.15) is 31.5 Å². The van der Waals surface area contributed by atoms with E-state index in [1.54, 1.807) is 0 Å². The van der Waals surface area contributed by atoms with Crippen LogP contribution in [-0.2, 0) is 11.3 Å². The minimum atomic E-state index is -0.909. The molecule has 0 saturated heterocycles. The summed E-state index contributed by atoms with van der Waals surface area (Å²) in [5, 5.41) is 14.8. The Labute approximate surface area is 81.3 Å². The van der Waals surface area contributed by atoms with Crippen LogP contribution in [0.15, 0.2) is 4.52 Å². The van der Waals surface area contributed by atoms with Gasteiger partial charge in [0, 0.05) is 5.92 Å². The summed E-state index contributed by atoms with van der Waals surface area (Å²) in [5.41, 5.74) is 0. The zero-order valence-corrected chi connectivity index (χ0v) is 8.15. The second-order valence-corrected chi connectivity index (χ2v) is 3.20. The smallest absolute Gasteiger partial charge is 0.317 e. The van der Waals surface area contributed by atoms with E-state index in [0.717, 1.165) is 0 Å². The SMILES string of the molecule is CC(C)c1noc(CNCC(=O)O)n1. The number of nitrogens with zero attached hydrogens (tertiary/aromatic N) is 2. The molecule has 0 unspecified atom stereocenters. The molecule has 6 heteroatoms. The van der Waals surface area contributed by atoms with Crippen molar-refractivity contribution in [3.05, 3.63) is 11.7 Å². The van der Waals surface area contributed by atoms with Gasteiger partial charge in [0.1, 0.15) is 0 Å². The number of hydrogen-bond donors (Lipinski definition) is 2. The fourth-order valence-corrected chi connectivity index (χ4v) is 0.851. The van der Waals surface area contributed by atoms with Gasteiger partial charge in [-0.1, -0.05) is 19.0 Å². The third-order valence-corrected chi connectivity index (χ3v) is 1.55. The number of hydrogen-bond acceptors (Lipinski definition) is 5. The van der Waals surface area contributed by atoms with Crippen LogP contribution in [0, 0.1) is 0 Å². The Morgan fingerprint density at radius 2 is 2.36 bits per heavy atom. The van der Waals surface area contributed by atoms with Crippen molar-refractivity contribution >= 4 is 5.97 Å². The number of nitrogens with one attached hydrogen (secondary N) is 1. The van der Waals surface area contributed by atoms with Gasteiger partial charge in [-0.3, -0.25) is 10.1 Å². The topological polar surface area (TPSA) is 88.2 Å². The summed E-state index contributed by atoms with van der Waals surface area (Å²) in [6, 6.07) is 0. The Hall–Kier alpha value is -1.43. The van der Waals surface area contributed by atoms with Crippen molar-refractivity contribution in [1.29, 1.82) is 0 Å². The number of carboxylic acid groups (broad SMARTS) is 1. The third kappa shape index (κ3) is 3.14. The molecule has 0 spiro atoms. The zero-order chi connectivity index (χ0) is 10.6. The molecule has 1 aromatic heterocycles. The highest BCUT2D eigenvalue weighted by Gasteiger charge is 2.09. The molecule has 1 aromatic rings. The number of rotatable bonds is 5. The molecule has 0 amide bonds. The molecule has 1 rings (SSSR count). The van der Waals surface area contributed by atoms with E-state index in [4.69, 9.17) is 9.63 Å². The Morgan fingerprint density at radius 3 is 2.86 bits per heavy atom. The summed E-state index contributed by atoms with van der Waals surface area (Å²) < 4.78 is 4.89. The molecule has 0 aromatic carbocycles. The lowest BCUT2D eigenvalue weighted by Crippen LogP contribution is -2.22. The Balaban J connectivity index is 2.40. The third-order valence-electron chi connectivity index (χ3n) is 1.55. The largest absolute Gasteiger partial charge is 0.480 e. The van der Waals surface area contributed by atoms with Gasteiger partial charge in [0.15, 0.2) is 5.82 Å². The molecule has 0 aliphatic heterocycles. The van der Waals surface area contributed by atoms with E-state index in [-0.39, 0.29) is 19.0 Å². The molecule has 0 aliphatic rings. The first-order chi connectivity index (χ1) is 6.59. The van der Waals surface area contributed by atoms with Gasteiger partial charge in [-0.05, 0) is 0 Å². The molecule has 0 radical (unpaired) electrons. The fraction of sp³-hybridized carbons (Fsp3) is 0.625. The van der Waals surface area contributed by atoms with Gasteiger partial charge in [-0.25, -0.2) is 0 Å². The van der Waals surface area contributed by atoms with Crippen LogP contribution < -0.4 is 5.32 Å².